The Balaban J connectivity index is 1.86. The van der Waals surface area contributed by atoms with Gasteiger partial charge in [0.1, 0.15) is 5.82 Å². The molecule has 2 aromatic carbocycles. The van der Waals surface area contributed by atoms with E-state index in [9.17, 15) is 9.18 Å². The van der Waals surface area contributed by atoms with Gasteiger partial charge in [0, 0.05) is 10.8 Å². The fraction of sp³-hybridized carbons (Fsp3) is 0.250. The van der Waals surface area contributed by atoms with Gasteiger partial charge in [0.15, 0.2) is 11.0 Å². The number of nitrogens with zero attached hydrogens (tertiary/aromatic N) is 3. The molecular weight excluding hydrogens is 434 g/mol. The molecule has 0 saturated heterocycles. The summed E-state index contributed by atoms with van der Waals surface area (Å²) >= 11 is 13.7. The van der Waals surface area contributed by atoms with Crippen LogP contribution in [0.5, 0.6) is 0 Å². The van der Waals surface area contributed by atoms with Crippen molar-refractivity contribution in [3.05, 3.63) is 69.7 Å². The van der Waals surface area contributed by atoms with Gasteiger partial charge in [-0.15, -0.1) is 10.2 Å². The Kier molecular flexibility index (Phi) is 7.52. The lowest BCUT2D eigenvalue weighted by atomic mass is 10.2. The fourth-order valence-corrected chi connectivity index (χ4v) is 4.14. The van der Waals surface area contributed by atoms with Crippen molar-refractivity contribution in [3.8, 4) is 5.69 Å². The number of amides is 1. The third kappa shape index (κ3) is 5.29. The molecule has 1 N–H and O–H groups in total. The first-order valence-electron chi connectivity index (χ1n) is 9.06. The van der Waals surface area contributed by atoms with E-state index in [0.717, 1.165) is 24.3 Å². The van der Waals surface area contributed by atoms with Gasteiger partial charge in [-0.2, -0.15) is 0 Å². The number of carbonyl (C=O) groups excluding carboxylic acids is 1. The molecular formula is C20H19Cl2FN4OS. The van der Waals surface area contributed by atoms with Crippen molar-refractivity contribution in [2.45, 2.75) is 31.5 Å². The minimum absolute atomic E-state index is 0.0506. The zero-order valence-electron chi connectivity index (χ0n) is 15.7. The SMILES string of the molecule is CCCCSc1nnc(CNC(=O)c2c(F)cccc2Cl)n1-c1cccc(Cl)c1. The van der Waals surface area contributed by atoms with Crippen molar-refractivity contribution in [1.82, 2.24) is 20.1 Å². The summed E-state index contributed by atoms with van der Waals surface area (Å²) < 4.78 is 15.8. The highest BCUT2D eigenvalue weighted by molar-refractivity contribution is 7.99. The number of benzene rings is 2. The predicted molar refractivity (Wildman–Crippen MR) is 115 cm³/mol. The van der Waals surface area contributed by atoms with Crippen molar-refractivity contribution in [2.75, 3.05) is 5.75 Å². The largest absolute Gasteiger partial charge is 0.345 e. The number of carbonyl (C=O) groups is 1. The summed E-state index contributed by atoms with van der Waals surface area (Å²) in [7, 11) is 0. The fourth-order valence-electron chi connectivity index (χ4n) is 2.65. The molecule has 1 heterocycles. The Bertz CT molecular complexity index is 992. The Morgan fingerprint density at radius 3 is 2.72 bits per heavy atom. The van der Waals surface area contributed by atoms with Crippen LogP contribution < -0.4 is 5.32 Å². The van der Waals surface area contributed by atoms with Gasteiger partial charge >= 0.3 is 0 Å². The van der Waals surface area contributed by atoms with Gasteiger partial charge in [0.2, 0.25) is 0 Å². The molecule has 5 nitrogen and oxygen atoms in total. The maximum Gasteiger partial charge on any atom is 0.256 e. The molecule has 0 radical (unpaired) electrons. The summed E-state index contributed by atoms with van der Waals surface area (Å²) in [5.41, 5.74) is 0.593. The van der Waals surface area contributed by atoms with Crippen LogP contribution in [-0.2, 0) is 6.54 Å². The van der Waals surface area contributed by atoms with Crippen LogP contribution in [0.25, 0.3) is 5.69 Å². The minimum atomic E-state index is -0.679. The lowest BCUT2D eigenvalue weighted by Crippen LogP contribution is -2.26. The summed E-state index contributed by atoms with van der Waals surface area (Å²) in [5, 5.41) is 12.5. The molecule has 0 aliphatic heterocycles. The number of hydrogen-bond donors (Lipinski definition) is 1. The van der Waals surface area contributed by atoms with Crippen LogP contribution in [0, 0.1) is 5.82 Å². The van der Waals surface area contributed by atoms with E-state index in [1.165, 1.54) is 18.2 Å². The van der Waals surface area contributed by atoms with E-state index in [1.807, 2.05) is 16.7 Å². The maximum absolute atomic E-state index is 14.0. The number of nitrogens with one attached hydrogen (secondary N) is 1. The van der Waals surface area contributed by atoms with Gasteiger partial charge in [-0.3, -0.25) is 9.36 Å². The van der Waals surface area contributed by atoms with E-state index >= 15 is 0 Å². The molecule has 0 bridgehead atoms. The van der Waals surface area contributed by atoms with Crippen LogP contribution in [0.2, 0.25) is 10.0 Å². The molecule has 0 saturated carbocycles. The zero-order chi connectivity index (χ0) is 20.8. The number of thioether (sulfide) groups is 1. The minimum Gasteiger partial charge on any atom is -0.345 e. The second kappa shape index (κ2) is 10.1. The lowest BCUT2D eigenvalue weighted by Gasteiger charge is -2.12. The summed E-state index contributed by atoms with van der Waals surface area (Å²) in [6, 6.07) is 11.4. The third-order valence-electron chi connectivity index (χ3n) is 4.09. The molecule has 152 valence electrons. The van der Waals surface area contributed by atoms with E-state index in [2.05, 4.69) is 22.4 Å². The van der Waals surface area contributed by atoms with Crippen molar-refractivity contribution >= 4 is 40.9 Å². The molecule has 1 aromatic heterocycles. The third-order valence-corrected chi connectivity index (χ3v) is 5.66. The van der Waals surface area contributed by atoms with Gasteiger partial charge in [0.25, 0.3) is 5.91 Å². The standard InChI is InChI=1S/C20H19Cl2FN4OS/c1-2-3-10-29-20-26-25-17(27(20)14-7-4-6-13(21)11-14)12-24-19(28)18-15(22)8-5-9-16(18)23/h4-9,11H,2-3,10,12H2,1H3,(H,24,28). The van der Waals surface area contributed by atoms with E-state index < -0.39 is 11.7 Å². The van der Waals surface area contributed by atoms with Crippen LogP contribution in [0.4, 0.5) is 4.39 Å². The Hall–Kier alpha value is -2.09. The smallest absolute Gasteiger partial charge is 0.256 e. The molecule has 0 aliphatic carbocycles. The molecule has 0 fully saturated rings. The normalized spacial score (nSPS) is 10.9. The Morgan fingerprint density at radius 2 is 2.00 bits per heavy atom. The maximum atomic E-state index is 14.0. The predicted octanol–water partition coefficient (Wildman–Crippen LogP) is 5.54. The molecule has 1 amide bonds. The van der Waals surface area contributed by atoms with Gasteiger partial charge < -0.3 is 5.32 Å². The number of aromatic nitrogens is 3. The average Bonchev–Trinajstić information content (AvgIpc) is 3.09. The number of unbranched alkanes of at least 4 members (excludes halogenated alkanes) is 1. The highest BCUT2D eigenvalue weighted by atomic mass is 35.5. The number of rotatable bonds is 8. The second-order valence-corrected chi connectivity index (χ2v) is 8.10. The highest BCUT2D eigenvalue weighted by Gasteiger charge is 2.19. The van der Waals surface area contributed by atoms with Gasteiger partial charge in [0.05, 0.1) is 22.8 Å². The van der Waals surface area contributed by atoms with E-state index in [-0.39, 0.29) is 17.1 Å². The first-order valence-corrected chi connectivity index (χ1v) is 10.8. The van der Waals surface area contributed by atoms with Crippen LogP contribution in [0.1, 0.15) is 35.9 Å². The number of halogens is 3. The summed E-state index contributed by atoms with van der Waals surface area (Å²) in [6.45, 7) is 2.18. The van der Waals surface area contributed by atoms with E-state index in [0.29, 0.717) is 16.0 Å². The Morgan fingerprint density at radius 1 is 1.21 bits per heavy atom. The van der Waals surface area contributed by atoms with Gasteiger partial charge in [-0.1, -0.05) is 60.4 Å². The first-order chi connectivity index (χ1) is 14.0. The first kappa shape index (κ1) is 21.6. The van der Waals surface area contributed by atoms with Crippen LogP contribution in [0.15, 0.2) is 47.6 Å². The summed E-state index contributed by atoms with van der Waals surface area (Å²) in [6.07, 6.45) is 2.12. The molecule has 29 heavy (non-hydrogen) atoms. The average molecular weight is 453 g/mol. The summed E-state index contributed by atoms with van der Waals surface area (Å²) in [5.74, 6) is 0.106. The second-order valence-electron chi connectivity index (χ2n) is 6.20. The monoisotopic (exact) mass is 452 g/mol. The van der Waals surface area contributed by atoms with Gasteiger partial charge in [-0.25, -0.2) is 4.39 Å². The van der Waals surface area contributed by atoms with E-state index in [1.54, 1.807) is 23.9 Å². The van der Waals surface area contributed by atoms with Crippen LogP contribution in [-0.4, -0.2) is 26.4 Å². The topological polar surface area (TPSA) is 59.8 Å². The van der Waals surface area contributed by atoms with Crippen molar-refractivity contribution < 1.29 is 9.18 Å². The van der Waals surface area contributed by atoms with E-state index in [4.69, 9.17) is 23.2 Å². The molecule has 9 heteroatoms. The van der Waals surface area contributed by atoms with Gasteiger partial charge in [-0.05, 0) is 36.8 Å². The van der Waals surface area contributed by atoms with Crippen molar-refractivity contribution in [2.24, 2.45) is 0 Å². The van der Waals surface area contributed by atoms with Crippen molar-refractivity contribution in [1.29, 1.82) is 0 Å². The Labute approximate surface area is 182 Å². The lowest BCUT2D eigenvalue weighted by molar-refractivity contribution is 0.0946. The van der Waals surface area contributed by atoms with Crippen LogP contribution in [0.3, 0.4) is 0 Å². The zero-order valence-corrected chi connectivity index (χ0v) is 18.0. The molecule has 3 aromatic rings. The van der Waals surface area contributed by atoms with Crippen molar-refractivity contribution in [3.63, 3.8) is 0 Å². The molecule has 3 rings (SSSR count). The molecule has 0 atom stereocenters. The molecule has 0 aliphatic rings. The quantitative estimate of drug-likeness (QED) is 0.360. The highest BCUT2D eigenvalue weighted by Crippen LogP contribution is 2.25. The number of hydrogen-bond acceptors (Lipinski definition) is 4. The van der Waals surface area contributed by atoms with Crippen LogP contribution >= 0.6 is 35.0 Å². The molecule has 0 unspecified atom stereocenters. The summed E-state index contributed by atoms with van der Waals surface area (Å²) in [4.78, 5) is 12.5. The molecule has 0 spiro atoms.